The number of benzene rings is 2. The smallest absolute Gasteiger partial charge is 0.113 e. The SMILES string of the molecule is CCCCCC1(c2c[nH]c(C3(C4CCCCC4)Sc4ccccc4S3)c2)Sc2ccccc2S1. The quantitative estimate of drug-likeness (QED) is 0.310. The number of hydrogen-bond acceptors (Lipinski definition) is 4. The summed E-state index contributed by atoms with van der Waals surface area (Å²) >= 11 is 8.44. The van der Waals surface area contributed by atoms with E-state index in [1.807, 2.05) is 0 Å². The van der Waals surface area contributed by atoms with Gasteiger partial charge in [-0.15, -0.1) is 47.0 Å². The molecular weight excluding hydrogens is 491 g/mol. The lowest BCUT2D eigenvalue weighted by molar-refractivity contribution is 0.334. The van der Waals surface area contributed by atoms with E-state index in [0.717, 1.165) is 0 Å². The molecule has 1 aliphatic carbocycles. The minimum absolute atomic E-state index is 0.0771. The number of aromatic amines is 1. The van der Waals surface area contributed by atoms with Crippen LogP contribution in [0.25, 0.3) is 0 Å². The fourth-order valence-corrected chi connectivity index (χ4v) is 12.5. The van der Waals surface area contributed by atoms with Crippen molar-refractivity contribution in [2.45, 2.75) is 92.5 Å². The molecule has 34 heavy (non-hydrogen) atoms. The van der Waals surface area contributed by atoms with Crippen LogP contribution < -0.4 is 0 Å². The largest absolute Gasteiger partial charge is 0.363 e. The van der Waals surface area contributed by atoms with E-state index in [-0.39, 0.29) is 8.16 Å². The maximum absolute atomic E-state index is 3.87. The highest BCUT2D eigenvalue weighted by Gasteiger charge is 2.49. The van der Waals surface area contributed by atoms with Crippen molar-refractivity contribution < 1.29 is 0 Å². The molecule has 0 amide bonds. The van der Waals surface area contributed by atoms with Crippen molar-refractivity contribution in [3.8, 4) is 0 Å². The van der Waals surface area contributed by atoms with Crippen LogP contribution in [-0.2, 0) is 8.16 Å². The minimum Gasteiger partial charge on any atom is -0.363 e. The monoisotopic (exact) mass is 523 g/mol. The zero-order valence-electron chi connectivity index (χ0n) is 19.8. The maximum atomic E-state index is 3.87. The third-order valence-corrected chi connectivity index (χ3v) is 14.3. The van der Waals surface area contributed by atoms with E-state index >= 15 is 0 Å². The molecule has 1 N–H and O–H groups in total. The molecule has 1 saturated carbocycles. The third kappa shape index (κ3) is 4.19. The van der Waals surface area contributed by atoms with E-state index in [9.17, 15) is 0 Å². The molecule has 2 aromatic carbocycles. The molecule has 1 fully saturated rings. The number of rotatable bonds is 7. The second-order valence-corrected chi connectivity index (χ2v) is 15.6. The summed E-state index contributed by atoms with van der Waals surface area (Å²) in [5.41, 5.74) is 2.92. The summed E-state index contributed by atoms with van der Waals surface area (Å²) in [5, 5.41) is 0. The fourth-order valence-electron chi connectivity index (χ4n) is 5.73. The van der Waals surface area contributed by atoms with Crippen LogP contribution in [0, 0.1) is 5.92 Å². The number of nitrogens with one attached hydrogen (secondary N) is 1. The van der Waals surface area contributed by atoms with Crippen LogP contribution >= 0.6 is 47.0 Å². The first-order chi connectivity index (χ1) is 16.7. The van der Waals surface area contributed by atoms with E-state index in [1.165, 1.54) is 88.6 Å². The van der Waals surface area contributed by atoms with Gasteiger partial charge in [-0.25, -0.2) is 0 Å². The van der Waals surface area contributed by atoms with Crippen molar-refractivity contribution in [2.24, 2.45) is 5.92 Å². The first kappa shape index (κ1) is 23.5. The Morgan fingerprint density at radius 1 is 0.794 bits per heavy atom. The van der Waals surface area contributed by atoms with E-state index in [4.69, 9.17) is 0 Å². The van der Waals surface area contributed by atoms with Crippen molar-refractivity contribution >= 4 is 47.0 Å². The molecule has 5 heteroatoms. The summed E-state index contributed by atoms with van der Waals surface area (Å²) in [6.07, 6.45) is 14.3. The molecule has 2 aliphatic heterocycles. The molecule has 3 heterocycles. The molecule has 0 unspecified atom stereocenters. The minimum atomic E-state index is 0.0771. The van der Waals surface area contributed by atoms with Crippen LogP contribution in [0.15, 0.2) is 80.4 Å². The van der Waals surface area contributed by atoms with Gasteiger partial charge in [-0.3, -0.25) is 0 Å². The van der Waals surface area contributed by atoms with Gasteiger partial charge in [0.05, 0.1) is 4.08 Å². The van der Waals surface area contributed by atoms with Gasteiger partial charge in [0.1, 0.15) is 4.08 Å². The standard InChI is InChI=1S/C29H33NS4/c1-2-3-11-18-28(31-23-14-7-8-15-24(23)32-28)22-19-27(30-20-22)29(21-12-5-4-6-13-21)33-25-16-9-10-17-26(25)34-29/h7-10,14-17,19-21,30H,2-6,11-13,18H2,1H3. The number of thioether (sulfide) groups is 4. The van der Waals surface area contributed by atoms with Gasteiger partial charge in [-0.2, -0.15) is 0 Å². The van der Waals surface area contributed by atoms with E-state index in [1.54, 1.807) is 0 Å². The third-order valence-electron chi connectivity index (χ3n) is 7.52. The van der Waals surface area contributed by atoms with Crippen LogP contribution in [0.3, 0.4) is 0 Å². The molecule has 3 aromatic rings. The first-order valence-electron chi connectivity index (χ1n) is 12.9. The number of aromatic nitrogens is 1. The second kappa shape index (κ2) is 9.88. The predicted octanol–water partition coefficient (Wildman–Crippen LogP) is 10.3. The van der Waals surface area contributed by atoms with E-state index < -0.39 is 0 Å². The van der Waals surface area contributed by atoms with E-state index in [2.05, 4.69) is 120 Å². The summed E-state index contributed by atoms with van der Waals surface area (Å²) in [7, 11) is 0. The molecule has 0 bridgehead atoms. The van der Waals surface area contributed by atoms with Crippen molar-refractivity contribution in [1.29, 1.82) is 0 Å². The lowest BCUT2D eigenvalue weighted by Gasteiger charge is -2.38. The topological polar surface area (TPSA) is 15.8 Å². The van der Waals surface area contributed by atoms with Crippen LogP contribution in [0.1, 0.15) is 76.0 Å². The average molecular weight is 524 g/mol. The van der Waals surface area contributed by atoms with Gasteiger partial charge in [-0.1, -0.05) is 69.7 Å². The molecule has 1 nitrogen and oxygen atoms in total. The zero-order chi connectivity index (χ0) is 23.0. The Balaban J connectivity index is 1.37. The summed E-state index contributed by atoms with van der Waals surface area (Å²) in [4.78, 5) is 9.69. The maximum Gasteiger partial charge on any atom is 0.113 e. The molecule has 0 saturated heterocycles. The Hall–Kier alpha value is -0.880. The predicted molar refractivity (Wildman–Crippen MR) is 151 cm³/mol. The van der Waals surface area contributed by atoms with Gasteiger partial charge in [0.25, 0.3) is 0 Å². The molecule has 178 valence electrons. The van der Waals surface area contributed by atoms with Crippen molar-refractivity contribution in [1.82, 2.24) is 4.98 Å². The fraction of sp³-hybridized carbons (Fsp3) is 0.448. The van der Waals surface area contributed by atoms with Crippen molar-refractivity contribution in [3.63, 3.8) is 0 Å². The van der Waals surface area contributed by atoms with Crippen LogP contribution in [0.4, 0.5) is 0 Å². The van der Waals surface area contributed by atoms with Crippen LogP contribution in [0.5, 0.6) is 0 Å². The van der Waals surface area contributed by atoms with Gasteiger partial charge >= 0.3 is 0 Å². The lowest BCUT2D eigenvalue weighted by atomic mass is 9.85. The van der Waals surface area contributed by atoms with Gasteiger partial charge in [0.15, 0.2) is 0 Å². The second-order valence-electron chi connectivity index (χ2n) is 9.82. The number of hydrogen-bond donors (Lipinski definition) is 1. The normalized spacial score (nSPS) is 20.9. The van der Waals surface area contributed by atoms with Gasteiger partial charge in [0.2, 0.25) is 0 Å². The molecule has 0 spiro atoms. The number of unbranched alkanes of at least 4 members (excludes halogenated alkanes) is 2. The Bertz CT molecular complexity index is 1100. The highest BCUT2D eigenvalue weighted by Crippen LogP contribution is 2.68. The molecule has 3 aliphatic rings. The molecule has 6 rings (SSSR count). The molecular formula is C29H33NS4. The lowest BCUT2D eigenvalue weighted by Crippen LogP contribution is -2.29. The Kier molecular flexibility index (Phi) is 6.83. The van der Waals surface area contributed by atoms with Gasteiger partial charge < -0.3 is 4.98 Å². The zero-order valence-corrected chi connectivity index (χ0v) is 23.1. The summed E-state index contributed by atoms with van der Waals surface area (Å²) in [6, 6.07) is 20.6. The van der Waals surface area contributed by atoms with E-state index in [0.29, 0.717) is 5.92 Å². The molecule has 0 atom stereocenters. The average Bonchev–Trinajstić information content (AvgIpc) is 3.60. The van der Waals surface area contributed by atoms with Crippen molar-refractivity contribution in [2.75, 3.05) is 0 Å². The Labute approximate surface area is 221 Å². The highest BCUT2D eigenvalue weighted by atomic mass is 32.2. The van der Waals surface area contributed by atoms with Gasteiger partial charge in [0, 0.05) is 31.5 Å². The molecule has 1 aromatic heterocycles. The number of fused-ring (bicyclic) bond motifs is 2. The Morgan fingerprint density at radius 3 is 1.97 bits per heavy atom. The summed E-state index contributed by atoms with van der Waals surface area (Å²) in [5.74, 6) is 0.715. The Morgan fingerprint density at radius 2 is 1.38 bits per heavy atom. The first-order valence-corrected chi connectivity index (χ1v) is 16.1. The van der Waals surface area contributed by atoms with Gasteiger partial charge in [-0.05, 0) is 61.1 Å². The summed E-state index contributed by atoms with van der Waals surface area (Å²) in [6.45, 7) is 2.31. The van der Waals surface area contributed by atoms with Crippen LogP contribution in [0.2, 0.25) is 0 Å². The van der Waals surface area contributed by atoms with Crippen molar-refractivity contribution in [3.05, 3.63) is 72.1 Å². The highest BCUT2D eigenvalue weighted by molar-refractivity contribution is 8.20. The van der Waals surface area contributed by atoms with Crippen LogP contribution in [-0.4, -0.2) is 4.98 Å². The molecule has 0 radical (unpaired) electrons. The number of H-pyrrole nitrogens is 1. The summed E-state index contributed by atoms with van der Waals surface area (Å²) < 4.78 is 0.163.